The van der Waals surface area contributed by atoms with Crippen LogP contribution >= 0.6 is 0 Å². The number of nitriles is 1. The Hall–Kier alpha value is -1.38. The minimum Gasteiger partial charge on any atom is -0.376 e. The smallest absolute Gasteiger partial charge is 0.376 e. The second kappa shape index (κ2) is 11.7. The molecule has 0 aliphatic carbocycles. The third-order valence-electron chi connectivity index (χ3n) is 2.49. The number of hydrogen-bond donors (Lipinski definition) is 0. The van der Waals surface area contributed by atoms with Crippen molar-refractivity contribution in [2.24, 2.45) is 0 Å². The van der Waals surface area contributed by atoms with Gasteiger partial charge in [0.25, 0.3) is 0 Å². The first-order valence-corrected chi connectivity index (χ1v) is 6.75. The molecule has 0 amide bonds. The van der Waals surface area contributed by atoms with E-state index >= 15 is 0 Å². The van der Waals surface area contributed by atoms with Gasteiger partial charge in [-0.25, -0.2) is 4.79 Å². The van der Waals surface area contributed by atoms with Gasteiger partial charge < -0.3 is 4.74 Å². The van der Waals surface area contributed by atoms with Crippen LogP contribution in [0.4, 0.5) is 0 Å². The topological polar surface area (TPSA) is 68.6 Å². The fraction of sp³-hybridized carbons (Fsp3) is 0.714. The fourth-order valence-corrected chi connectivity index (χ4v) is 1.35. The summed E-state index contributed by atoms with van der Waals surface area (Å²) in [7, 11) is 0. The molecule has 0 bridgehead atoms. The molecule has 0 radical (unpaired) electrons. The average molecular weight is 269 g/mol. The average Bonchev–Trinajstić information content (AvgIpc) is 2.42. The van der Waals surface area contributed by atoms with Crippen LogP contribution in [0.2, 0.25) is 0 Å². The molecule has 0 aliphatic rings. The molecule has 0 aromatic heterocycles. The van der Waals surface area contributed by atoms with Crippen molar-refractivity contribution in [3.63, 3.8) is 0 Å². The van der Waals surface area contributed by atoms with E-state index < -0.39 is 5.97 Å². The summed E-state index contributed by atoms with van der Waals surface area (Å²) in [6, 6.07) is 1.81. The Bertz CT molecular complexity index is 320. The number of allylic oxidation sites excluding steroid dienone is 1. The first-order chi connectivity index (χ1) is 9.19. The van der Waals surface area contributed by atoms with Gasteiger partial charge in [-0.05, 0) is 19.8 Å². The lowest BCUT2D eigenvalue weighted by molar-refractivity contribution is -0.279. The summed E-state index contributed by atoms with van der Waals surface area (Å²) >= 11 is 0. The van der Waals surface area contributed by atoms with E-state index in [4.69, 9.17) is 14.9 Å². The lowest BCUT2D eigenvalue weighted by Gasteiger charge is -2.13. The van der Waals surface area contributed by atoms with E-state index in [1.54, 1.807) is 6.08 Å². The second-order valence-electron chi connectivity index (χ2n) is 4.01. The molecule has 1 atom stereocenters. The maximum Gasteiger partial charge on any atom is 0.383 e. The summed E-state index contributed by atoms with van der Waals surface area (Å²) in [6.45, 7) is 6.63. The fourth-order valence-electron chi connectivity index (χ4n) is 1.35. The van der Waals surface area contributed by atoms with Gasteiger partial charge >= 0.3 is 5.97 Å². The highest BCUT2D eigenvalue weighted by atomic mass is 17.2. The molecule has 0 N–H and O–H groups in total. The van der Waals surface area contributed by atoms with Crippen molar-refractivity contribution in [1.82, 2.24) is 0 Å². The summed E-state index contributed by atoms with van der Waals surface area (Å²) in [6.07, 6.45) is 4.87. The SMILES string of the molecule is CCCCC=C(C#N)C(=O)OOCC(CC)OCC. The van der Waals surface area contributed by atoms with E-state index in [2.05, 4.69) is 4.89 Å². The van der Waals surface area contributed by atoms with Crippen LogP contribution in [0.5, 0.6) is 0 Å². The van der Waals surface area contributed by atoms with Crippen LogP contribution in [-0.4, -0.2) is 25.3 Å². The molecular formula is C14H23NO4. The molecule has 0 aliphatic heterocycles. The normalized spacial score (nSPS) is 12.8. The number of hydrogen-bond acceptors (Lipinski definition) is 5. The second-order valence-corrected chi connectivity index (χ2v) is 4.01. The number of nitrogens with zero attached hydrogens (tertiary/aromatic N) is 1. The quantitative estimate of drug-likeness (QED) is 0.200. The minimum atomic E-state index is -0.745. The highest BCUT2D eigenvalue weighted by molar-refractivity contribution is 5.92. The standard InChI is InChI=1S/C14H23NO4/c1-4-7-8-9-12(10-15)14(16)19-18-11-13(5-2)17-6-3/h9,13H,4-8,11H2,1-3H3. The highest BCUT2D eigenvalue weighted by Gasteiger charge is 2.13. The number of unbranched alkanes of at least 4 members (excludes halogenated alkanes) is 2. The number of rotatable bonds is 10. The molecule has 0 heterocycles. The predicted molar refractivity (Wildman–Crippen MR) is 71.0 cm³/mol. The first-order valence-electron chi connectivity index (χ1n) is 6.75. The van der Waals surface area contributed by atoms with Gasteiger partial charge in [0, 0.05) is 6.61 Å². The van der Waals surface area contributed by atoms with E-state index in [1.807, 2.05) is 26.8 Å². The molecule has 108 valence electrons. The van der Waals surface area contributed by atoms with Crippen LogP contribution in [-0.2, 0) is 19.3 Å². The number of carbonyl (C=O) groups is 1. The van der Waals surface area contributed by atoms with Gasteiger partial charge in [-0.2, -0.15) is 10.1 Å². The van der Waals surface area contributed by atoms with Crippen LogP contribution < -0.4 is 0 Å². The van der Waals surface area contributed by atoms with Crippen molar-refractivity contribution in [2.75, 3.05) is 13.2 Å². The van der Waals surface area contributed by atoms with Gasteiger partial charge in [0.2, 0.25) is 0 Å². The Balaban J connectivity index is 4.07. The third-order valence-corrected chi connectivity index (χ3v) is 2.49. The van der Waals surface area contributed by atoms with E-state index in [0.29, 0.717) is 13.0 Å². The Labute approximate surface area is 115 Å². The van der Waals surface area contributed by atoms with E-state index in [9.17, 15) is 4.79 Å². The van der Waals surface area contributed by atoms with Gasteiger partial charge in [0.05, 0.1) is 6.10 Å². The van der Waals surface area contributed by atoms with Gasteiger partial charge in [0.15, 0.2) is 0 Å². The van der Waals surface area contributed by atoms with Crippen LogP contribution in [0, 0.1) is 11.3 Å². The molecule has 1 unspecified atom stereocenters. The molecular weight excluding hydrogens is 246 g/mol. The first kappa shape index (κ1) is 17.6. The van der Waals surface area contributed by atoms with Gasteiger partial charge in [-0.3, -0.25) is 4.89 Å². The van der Waals surface area contributed by atoms with Crippen LogP contribution in [0.25, 0.3) is 0 Å². The summed E-state index contributed by atoms with van der Waals surface area (Å²) in [5.74, 6) is -0.745. The molecule has 0 aromatic rings. The maximum absolute atomic E-state index is 11.5. The van der Waals surface area contributed by atoms with Crippen molar-refractivity contribution < 1.29 is 19.3 Å². The third kappa shape index (κ3) is 8.36. The largest absolute Gasteiger partial charge is 0.383 e. The Morgan fingerprint density at radius 3 is 2.63 bits per heavy atom. The minimum absolute atomic E-state index is 0.0158. The zero-order chi connectivity index (χ0) is 14.5. The summed E-state index contributed by atoms with van der Waals surface area (Å²) in [5, 5.41) is 8.84. The lowest BCUT2D eigenvalue weighted by atomic mass is 10.2. The lowest BCUT2D eigenvalue weighted by Crippen LogP contribution is -2.20. The Morgan fingerprint density at radius 2 is 2.11 bits per heavy atom. The number of carbonyl (C=O) groups excluding carboxylic acids is 1. The zero-order valence-corrected chi connectivity index (χ0v) is 12.0. The van der Waals surface area contributed by atoms with E-state index in [-0.39, 0.29) is 18.3 Å². The zero-order valence-electron chi connectivity index (χ0n) is 12.0. The van der Waals surface area contributed by atoms with Gasteiger partial charge in [-0.15, -0.1) is 0 Å². The van der Waals surface area contributed by atoms with E-state index in [1.165, 1.54) is 0 Å². The van der Waals surface area contributed by atoms with Crippen LogP contribution in [0.15, 0.2) is 11.6 Å². The van der Waals surface area contributed by atoms with Gasteiger partial charge in [-0.1, -0.05) is 32.8 Å². The summed E-state index contributed by atoms with van der Waals surface area (Å²) in [5.41, 5.74) is -0.0158. The van der Waals surface area contributed by atoms with Crippen LogP contribution in [0.1, 0.15) is 46.5 Å². The van der Waals surface area contributed by atoms with Crippen molar-refractivity contribution >= 4 is 5.97 Å². The summed E-state index contributed by atoms with van der Waals surface area (Å²) < 4.78 is 5.34. The maximum atomic E-state index is 11.5. The van der Waals surface area contributed by atoms with Crippen molar-refractivity contribution in [2.45, 2.75) is 52.6 Å². The molecule has 0 fully saturated rings. The van der Waals surface area contributed by atoms with Crippen molar-refractivity contribution in [1.29, 1.82) is 5.26 Å². The molecule has 0 rings (SSSR count). The number of ether oxygens (including phenoxy) is 1. The molecule has 0 spiro atoms. The Kier molecular flexibility index (Phi) is 10.8. The highest BCUT2D eigenvalue weighted by Crippen LogP contribution is 2.05. The molecule has 0 saturated heterocycles. The van der Waals surface area contributed by atoms with Crippen molar-refractivity contribution in [3.8, 4) is 6.07 Å². The Morgan fingerprint density at radius 1 is 1.37 bits per heavy atom. The molecule has 0 aromatic carbocycles. The monoisotopic (exact) mass is 269 g/mol. The molecule has 19 heavy (non-hydrogen) atoms. The summed E-state index contributed by atoms with van der Waals surface area (Å²) in [4.78, 5) is 20.9. The molecule has 0 saturated carbocycles. The van der Waals surface area contributed by atoms with Crippen molar-refractivity contribution in [3.05, 3.63) is 11.6 Å². The van der Waals surface area contributed by atoms with Crippen LogP contribution in [0.3, 0.4) is 0 Å². The molecule has 5 nitrogen and oxygen atoms in total. The predicted octanol–water partition coefficient (Wildman–Crippen LogP) is 2.92. The van der Waals surface area contributed by atoms with Gasteiger partial charge in [0.1, 0.15) is 18.2 Å². The van der Waals surface area contributed by atoms with E-state index in [0.717, 1.165) is 19.3 Å². The molecule has 5 heteroatoms.